The van der Waals surface area contributed by atoms with Crippen LogP contribution in [0.1, 0.15) is 34.3 Å². The van der Waals surface area contributed by atoms with Crippen molar-refractivity contribution < 1.29 is 50.5 Å². The number of ether oxygens (including phenoxy) is 4. The Kier molecular flexibility index (Phi) is 10.9. The van der Waals surface area contributed by atoms with Crippen LogP contribution in [-0.4, -0.2) is 44.4 Å². The second kappa shape index (κ2) is 14.4. The third-order valence-electron chi connectivity index (χ3n) is 5.88. The van der Waals surface area contributed by atoms with Crippen molar-refractivity contribution >= 4 is 29.4 Å². The first-order chi connectivity index (χ1) is 20.3. The van der Waals surface area contributed by atoms with Crippen LogP contribution in [0.3, 0.4) is 0 Å². The van der Waals surface area contributed by atoms with Crippen molar-refractivity contribution in [2.45, 2.75) is 31.4 Å². The summed E-state index contributed by atoms with van der Waals surface area (Å²) in [6, 6.07) is 15.1. The largest absolute Gasteiger partial charge is 0.494 e. The van der Waals surface area contributed by atoms with E-state index in [9.17, 15) is 31.5 Å². The molecule has 0 aliphatic carbocycles. The van der Waals surface area contributed by atoms with Crippen molar-refractivity contribution in [2.24, 2.45) is 0 Å². The quantitative estimate of drug-likeness (QED) is 0.0585. The molecule has 0 saturated carbocycles. The van der Waals surface area contributed by atoms with Gasteiger partial charge in [0.1, 0.15) is 5.75 Å². The summed E-state index contributed by atoms with van der Waals surface area (Å²) in [7, 11) is 1.37. The summed E-state index contributed by atoms with van der Waals surface area (Å²) < 4.78 is 83.7. The zero-order valence-corrected chi connectivity index (χ0v) is 23.0. The number of hydrogen-bond donors (Lipinski definition) is 2. The molecule has 0 spiro atoms. The molecule has 3 aromatic carbocycles. The maximum atomic E-state index is 13.0. The number of anilines is 2. The van der Waals surface area contributed by atoms with Crippen LogP contribution in [0.15, 0.2) is 66.7 Å². The Morgan fingerprint density at radius 2 is 1.53 bits per heavy atom. The van der Waals surface area contributed by atoms with Crippen molar-refractivity contribution in [3.63, 3.8) is 0 Å². The number of esters is 2. The van der Waals surface area contributed by atoms with Gasteiger partial charge in [0.15, 0.2) is 11.5 Å². The van der Waals surface area contributed by atoms with Crippen molar-refractivity contribution in [2.75, 3.05) is 31.8 Å². The molecule has 0 amide bonds. The van der Waals surface area contributed by atoms with E-state index in [4.69, 9.17) is 30.4 Å². The molecular formula is C30H29F5N2O6. The number of benzene rings is 3. The average Bonchev–Trinajstić information content (AvgIpc) is 2.94. The van der Waals surface area contributed by atoms with Crippen molar-refractivity contribution in [1.29, 1.82) is 0 Å². The fourth-order valence-electron chi connectivity index (χ4n) is 3.72. The van der Waals surface area contributed by atoms with E-state index in [1.54, 1.807) is 30.3 Å². The molecule has 0 fully saturated rings. The average molecular weight is 609 g/mol. The van der Waals surface area contributed by atoms with Gasteiger partial charge in [-0.25, -0.2) is 9.59 Å². The molecule has 0 bridgehead atoms. The summed E-state index contributed by atoms with van der Waals surface area (Å²) in [6.07, 6.45) is -4.37. The smallest absolute Gasteiger partial charge is 0.453 e. The monoisotopic (exact) mass is 608 g/mol. The molecule has 4 N–H and O–H groups in total. The van der Waals surface area contributed by atoms with Gasteiger partial charge < -0.3 is 30.4 Å². The van der Waals surface area contributed by atoms with Gasteiger partial charge >= 0.3 is 24.0 Å². The third kappa shape index (κ3) is 9.90. The summed E-state index contributed by atoms with van der Waals surface area (Å²) in [5.41, 5.74) is 14.1. The second-order valence-corrected chi connectivity index (χ2v) is 9.24. The molecule has 0 heterocycles. The highest BCUT2D eigenvalue weighted by molar-refractivity contribution is 5.91. The maximum absolute atomic E-state index is 13.0. The highest BCUT2D eigenvalue weighted by Gasteiger charge is 2.56. The van der Waals surface area contributed by atoms with Crippen molar-refractivity contribution in [1.82, 2.24) is 0 Å². The number of alkyl halides is 5. The van der Waals surface area contributed by atoms with Gasteiger partial charge in [-0.2, -0.15) is 22.0 Å². The highest BCUT2D eigenvalue weighted by atomic mass is 19.4. The van der Waals surface area contributed by atoms with E-state index in [0.717, 1.165) is 5.56 Å². The molecule has 230 valence electrons. The minimum Gasteiger partial charge on any atom is -0.494 e. The zero-order chi connectivity index (χ0) is 31.6. The van der Waals surface area contributed by atoms with Crippen LogP contribution in [-0.2, 0) is 16.0 Å². The Hall–Kier alpha value is -4.81. The molecule has 0 radical (unpaired) electrons. The summed E-state index contributed by atoms with van der Waals surface area (Å²) in [6.45, 7) is -0.248. The molecule has 13 heteroatoms. The Labute approximate surface area is 244 Å². The summed E-state index contributed by atoms with van der Waals surface area (Å²) in [5, 5.41) is 0. The van der Waals surface area contributed by atoms with Gasteiger partial charge in [0.05, 0.1) is 25.9 Å². The lowest BCUT2D eigenvalue weighted by Gasteiger charge is -2.19. The number of rotatable bonds is 13. The molecule has 0 unspecified atom stereocenters. The first kappa shape index (κ1) is 32.7. The lowest BCUT2D eigenvalue weighted by molar-refractivity contribution is -0.284. The van der Waals surface area contributed by atoms with Gasteiger partial charge in [-0.3, -0.25) is 0 Å². The van der Waals surface area contributed by atoms with E-state index in [1.165, 1.54) is 49.6 Å². The molecule has 43 heavy (non-hydrogen) atoms. The fourth-order valence-corrected chi connectivity index (χ4v) is 3.72. The first-order valence-electron chi connectivity index (χ1n) is 12.8. The zero-order valence-electron chi connectivity index (χ0n) is 23.0. The number of hydrogen-bond acceptors (Lipinski definition) is 8. The molecule has 0 aliphatic heterocycles. The second-order valence-electron chi connectivity index (χ2n) is 9.24. The Morgan fingerprint density at radius 3 is 2.16 bits per heavy atom. The summed E-state index contributed by atoms with van der Waals surface area (Å²) >= 11 is 0. The number of nitrogen functional groups attached to an aromatic ring is 2. The minimum atomic E-state index is -5.61. The van der Waals surface area contributed by atoms with E-state index < -0.39 is 36.9 Å². The number of halogens is 5. The van der Waals surface area contributed by atoms with Crippen molar-refractivity contribution in [3.8, 4) is 17.2 Å². The summed E-state index contributed by atoms with van der Waals surface area (Å²) in [5.74, 6) is -5.63. The molecule has 0 atom stereocenters. The Balaban J connectivity index is 1.50. The number of nitrogens with two attached hydrogens (primary N) is 2. The van der Waals surface area contributed by atoms with Crippen LogP contribution in [0.25, 0.3) is 6.08 Å². The molecule has 3 rings (SSSR count). The predicted molar refractivity (Wildman–Crippen MR) is 149 cm³/mol. The highest BCUT2D eigenvalue weighted by Crippen LogP contribution is 2.38. The normalized spacial score (nSPS) is 11.8. The standard InChI is InChI=1S/C30H29F5N2O6/c1-40-26-17-19(4-10-27(38)42-14-11-20-15-22(36)18-23(37)16-20)3-9-25(26)43-28(39)21-5-7-24(8-6-21)41-13-2-12-29(31,32)30(33,34)35/h3-10,15-18H,2,11-14,36-37H2,1H3. The lowest BCUT2D eigenvalue weighted by Crippen LogP contribution is -2.36. The topological polar surface area (TPSA) is 123 Å². The third-order valence-corrected chi connectivity index (χ3v) is 5.88. The fraction of sp³-hybridized carbons (Fsp3) is 0.267. The molecule has 0 aromatic heterocycles. The van der Waals surface area contributed by atoms with Gasteiger partial charge in [0.25, 0.3) is 0 Å². The van der Waals surface area contributed by atoms with E-state index in [-0.39, 0.29) is 36.0 Å². The van der Waals surface area contributed by atoms with Crippen LogP contribution in [0.4, 0.5) is 33.3 Å². The molecular weight excluding hydrogens is 579 g/mol. The number of carbonyl (C=O) groups is 2. The molecule has 3 aromatic rings. The SMILES string of the molecule is COc1cc(C=CC(=O)OCCc2cc(N)cc(N)c2)ccc1OC(=O)c1ccc(OCCCC(F)(F)C(F)(F)F)cc1. The predicted octanol–water partition coefficient (Wildman–Crippen LogP) is 6.23. The van der Waals surface area contributed by atoms with Gasteiger partial charge in [-0.05, 0) is 78.2 Å². The van der Waals surface area contributed by atoms with Gasteiger partial charge in [0, 0.05) is 30.3 Å². The molecule has 8 nitrogen and oxygen atoms in total. The van der Waals surface area contributed by atoms with Crippen molar-refractivity contribution in [3.05, 3.63) is 83.4 Å². The maximum Gasteiger partial charge on any atom is 0.453 e. The molecule has 0 aliphatic rings. The minimum absolute atomic E-state index is 0.0968. The van der Waals surface area contributed by atoms with Crippen LogP contribution in [0.5, 0.6) is 17.2 Å². The van der Waals surface area contributed by atoms with Gasteiger partial charge in [0.2, 0.25) is 0 Å². The van der Waals surface area contributed by atoms with Gasteiger partial charge in [-0.1, -0.05) is 6.07 Å². The van der Waals surface area contributed by atoms with Crippen LogP contribution >= 0.6 is 0 Å². The number of carbonyl (C=O) groups excluding carboxylic acids is 2. The van der Waals surface area contributed by atoms with Gasteiger partial charge in [-0.15, -0.1) is 0 Å². The van der Waals surface area contributed by atoms with E-state index >= 15 is 0 Å². The number of methoxy groups -OCH3 is 1. The van der Waals surface area contributed by atoms with E-state index in [2.05, 4.69) is 0 Å². The van der Waals surface area contributed by atoms with Crippen LogP contribution in [0, 0.1) is 0 Å². The Bertz CT molecular complexity index is 1420. The first-order valence-corrected chi connectivity index (χ1v) is 12.8. The van der Waals surface area contributed by atoms with Crippen LogP contribution < -0.4 is 25.7 Å². The summed E-state index contributed by atoms with van der Waals surface area (Å²) in [4.78, 5) is 24.7. The molecule has 0 saturated heterocycles. The van der Waals surface area contributed by atoms with E-state index in [0.29, 0.717) is 23.4 Å². The van der Waals surface area contributed by atoms with E-state index in [1.807, 2.05) is 0 Å². The lowest BCUT2D eigenvalue weighted by atomic mass is 10.1. The van der Waals surface area contributed by atoms with Crippen LogP contribution in [0.2, 0.25) is 0 Å². The Morgan fingerprint density at radius 1 is 0.860 bits per heavy atom.